The minimum absolute atomic E-state index is 0.0533. The van der Waals surface area contributed by atoms with Gasteiger partial charge in [-0.1, -0.05) is 0 Å². The largest absolute Gasteiger partial charge is 0.376 e. The average molecular weight is 256 g/mol. The van der Waals surface area contributed by atoms with E-state index in [0.717, 1.165) is 0 Å². The molecule has 1 saturated carbocycles. The Morgan fingerprint density at radius 2 is 1.72 bits per heavy atom. The van der Waals surface area contributed by atoms with Gasteiger partial charge >= 0.3 is 6.03 Å². The van der Waals surface area contributed by atoms with E-state index in [-0.39, 0.29) is 30.1 Å². The third kappa shape index (κ3) is 2.64. The van der Waals surface area contributed by atoms with Crippen molar-refractivity contribution in [1.29, 1.82) is 0 Å². The van der Waals surface area contributed by atoms with Gasteiger partial charge in [0.25, 0.3) is 0 Å². The molecule has 0 aromatic carbocycles. The quantitative estimate of drug-likeness (QED) is 0.764. The lowest BCUT2D eigenvalue weighted by Gasteiger charge is -2.42. The van der Waals surface area contributed by atoms with E-state index >= 15 is 0 Å². The third-order valence-electron chi connectivity index (χ3n) is 3.52. The molecule has 1 saturated heterocycles. The predicted octanol–water partition coefficient (Wildman–Crippen LogP) is 0.415. The fourth-order valence-corrected chi connectivity index (χ4v) is 2.77. The summed E-state index contributed by atoms with van der Waals surface area (Å²) in [5.41, 5.74) is 0. The minimum Gasteiger partial charge on any atom is -0.376 e. The van der Waals surface area contributed by atoms with E-state index in [1.165, 1.54) is 0 Å². The molecular formula is C12H20N2O4. The molecule has 0 aromatic rings. The lowest BCUT2D eigenvalue weighted by Crippen LogP contribution is -2.63. The molecule has 18 heavy (non-hydrogen) atoms. The van der Waals surface area contributed by atoms with Crippen LogP contribution in [0.3, 0.4) is 0 Å². The molecule has 2 fully saturated rings. The maximum atomic E-state index is 11.8. The SMILES string of the molecule is CCOC1CC2NC(=O)NC(=O)C2CC1OCC. The van der Waals surface area contributed by atoms with E-state index < -0.39 is 6.03 Å². The zero-order valence-corrected chi connectivity index (χ0v) is 10.8. The molecule has 2 aliphatic rings. The Kier molecular flexibility index (Phi) is 4.19. The van der Waals surface area contributed by atoms with Gasteiger partial charge in [-0.2, -0.15) is 0 Å². The summed E-state index contributed by atoms with van der Waals surface area (Å²) in [6, 6.07) is -0.550. The van der Waals surface area contributed by atoms with Crippen LogP contribution in [0.4, 0.5) is 4.79 Å². The van der Waals surface area contributed by atoms with Gasteiger partial charge in [0.05, 0.1) is 18.1 Å². The zero-order valence-electron chi connectivity index (χ0n) is 10.8. The van der Waals surface area contributed by atoms with Gasteiger partial charge in [-0.25, -0.2) is 4.79 Å². The Labute approximate surface area is 106 Å². The molecule has 1 aliphatic carbocycles. The molecule has 4 atom stereocenters. The lowest BCUT2D eigenvalue weighted by atomic mass is 9.79. The first kappa shape index (κ1) is 13.3. The number of rotatable bonds is 4. The van der Waals surface area contributed by atoms with Crippen molar-refractivity contribution >= 4 is 11.9 Å². The van der Waals surface area contributed by atoms with Crippen molar-refractivity contribution in [2.75, 3.05) is 13.2 Å². The van der Waals surface area contributed by atoms with Crippen molar-refractivity contribution in [3.05, 3.63) is 0 Å². The van der Waals surface area contributed by atoms with E-state index in [0.29, 0.717) is 26.1 Å². The highest BCUT2D eigenvalue weighted by Gasteiger charge is 2.44. The van der Waals surface area contributed by atoms with Crippen LogP contribution >= 0.6 is 0 Å². The van der Waals surface area contributed by atoms with Crippen molar-refractivity contribution in [3.63, 3.8) is 0 Å². The molecule has 0 bridgehead atoms. The number of carbonyl (C=O) groups is 2. The number of fused-ring (bicyclic) bond motifs is 1. The van der Waals surface area contributed by atoms with Crippen molar-refractivity contribution < 1.29 is 19.1 Å². The average Bonchev–Trinajstić information content (AvgIpc) is 2.31. The summed E-state index contributed by atoms with van der Waals surface area (Å²) in [4.78, 5) is 23.1. The zero-order chi connectivity index (χ0) is 13.1. The molecule has 4 unspecified atom stereocenters. The van der Waals surface area contributed by atoms with Crippen LogP contribution < -0.4 is 10.6 Å². The summed E-state index contributed by atoms with van der Waals surface area (Å²) in [6.45, 7) is 5.06. The standard InChI is InChI=1S/C12H20N2O4/c1-3-17-9-5-7-8(6-10(9)18-4-2)13-12(16)14-11(7)15/h7-10H,3-6H2,1-2H3,(H2,13,14,15,16). The maximum Gasteiger partial charge on any atom is 0.321 e. The highest BCUT2D eigenvalue weighted by atomic mass is 16.5. The highest BCUT2D eigenvalue weighted by Crippen LogP contribution is 2.30. The molecule has 1 aliphatic heterocycles. The Balaban J connectivity index is 2.08. The van der Waals surface area contributed by atoms with Gasteiger partial charge in [0.15, 0.2) is 0 Å². The number of amides is 3. The van der Waals surface area contributed by atoms with Gasteiger partial charge < -0.3 is 14.8 Å². The van der Waals surface area contributed by atoms with Crippen LogP contribution in [0.1, 0.15) is 26.7 Å². The van der Waals surface area contributed by atoms with Gasteiger partial charge in [-0.05, 0) is 26.7 Å². The van der Waals surface area contributed by atoms with E-state index in [9.17, 15) is 9.59 Å². The second-order valence-electron chi connectivity index (χ2n) is 4.63. The van der Waals surface area contributed by atoms with Gasteiger partial charge in [0, 0.05) is 19.3 Å². The molecule has 0 aromatic heterocycles. The summed E-state index contributed by atoms with van der Waals surface area (Å²) in [7, 11) is 0. The first-order valence-electron chi connectivity index (χ1n) is 6.50. The fraction of sp³-hybridized carbons (Fsp3) is 0.833. The second-order valence-corrected chi connectivity index (χ2v) is 4.63. The molecule has 0 spiro atoms. The van der Waals surface area contributed by atoms with Crippen LogP contribution in [-0.4, -0.2) is 43.4 Å². The molecule has 2 N–H and O–H groups in total. The molecule has 102 valence electrons. The smallest absolute Gasteiger partial charge is 0.321 e. The predicted molar refractivity (Wildman–Crippen MR) is 64.0 cm³/mol. The highest BCUT2D eigenvalue weighted by molar-refractivity contribution is 5.98. The van der Waals surface area contributed by atoms with Gasteiger partial charge in [-0.3, -0.25) is 10.1 Å². The number of carbonyl (C=O) groups excluding carboxylic acids is 2. The number of nitrogens with one attached hydrogen (secondary N) is 2. The fourth-order valence-electron chi connectivity index (χ4n) is 2.77. The molecule has 6 nitrogen and oxygen atoms in total. The van der Waals surface area contributed by atoms with Crippen molar-refractivity contribution in [2.24, 2.45) is 5.92 Å². The summed E-state index contributed by atoms with van der Waals surface area (Å²) in [5.74, 6) is -0.417. The summed E-state index contributed by atoms with van der Waals surface area (Å²) < 4.78 is 11.3. The lowest BCUT2D eigenvalue weighted by molar-refractivity contribution is -0.138. The molecule has 0 radical (unpaired) electrons. The van der Waals surface area contributed by atoms with E-state index in [4.69, 9.17) is 9.47 Å². The molecule has 1 heterocycles. The number of urea groups is 1. The number of imide groups is 1. The van der Waals surface area contributed by atoms with E-state index in [2.05, 4.69) is 10.6 Å². The van der Waals surface area contributed by atoms with Crippen LogP contribution in [0.25, 0.3) is 0 Å². The van der Waals surface area contributed by atoms with Gasteiger partial charge in [-0.15, -0.1) is 0 Å². The number of ether oxygens (including phenoxy) is 2. The maximum absolute atomic E-state index is 11.8. The Hall–Kier alpha value is -1.14. The van der Waals surface area contributed by atoms with Crippen molar-refractivity contribution in [2.45, 2.75) is 44.9 Å². The van der Waals surface area contributed by atoms with Crippen LogP contribution in [0, 0.1) is 5.92 Å². The van der Waals surface area contributed by atoms with Crippen molar-refractivity contribution in [3.8, 4) is 0 Å². The van der Waals surface area contributed by atoms with Gasteiger partial charge in [0.2, 0.25) is 5.91 Å². The first-order valence-corrected chi connectivity index (χ1v) is 6.50. The summed E-state index contributed by atoms with van der Waals surface area (Å²) >= 11 is 0. The minimum atomic E-state index is -0.411. The number of hydrogen-bond acceptors (Lipinski definition) is 4. The van der Waals surface area contributed by atoms with Crippen LogP contribution in [0.15, 0.2) is 0 Å². The van der Waals surface area contributed by atoms with Crippen LogP contribution in [0.2, 0.25) is 0 Å². The molecule has 6 heteroatoms. The monoisotopic (exact) mass is 256 g/mol. The van der Waals surface area contributed by atoms with Gasteiger partial charge in [0.1, 0.15) is 0 Å². The van der Waals surface area contributed by atoms with Crippen molar-refractivity contribution in [1.82, 2.24) is 10.6 Å². The molecule has 2 rings (SSSR count). The third-order valence-corrected chi connectivity index (χ3v) is 3.52. The van der Waals surface area contributed by atoms with E-state index in [1.807, 2.05) is 13.8 Å². The van der Waals surface area contributed by atoms with Crippen LogP contribution in [-0.2, 0) is 14.3 Å². The molecule has 3 amide bonds. The summed E-state index contributed by atoms with van der Waals surface area (Å²) in [6.07, 6.45) is 1.09. The second kappa shape index (κ2) is 5.67. The first-order chi connectivity index (χ1) is 8.65. The normalized spacial score (nSPS) is 35.7. The summed E-state index contributed by atoms with van der Waals surface area (Å²) in [5, 5.41) is 5.10. The number of hydrogen-bond donors (Lipinski definition) is 2. The molecular weight excluding hydrogens is 236 g/mol. The Bertz CT molecular complexity index is 334. The van der Waals surface area contributed by atoms with E-state index in [1.54, 1.807) is 0 Å². The van der Waals surface area contributed by atoms with Crippen LogP contribution in [0.5, 0.6) is 0 Å². The Morgan fingerprint density at radius 1 is 1.11 bits per heavy atom. The Morgan fingerprint density at radius 3 is 2.33 bits per heavy atom. The topological polar surface area (TPSA) is 76.7 Å².